The van der Waals surface area contributed by atoms with Gasteiger partial charge in [0.15, 0.2) is 0 Å². The first kappa shape index (κ1) is 23.6. The van der Waals surface area contributed by atoms with Gasteiger partial charge in [-0.25, -0.2) is 8.42 Å². The summed E-state index contributed by atoms with van der Waals surface area (Å²) in [6.07, 6.45) is 0. The molecule has 1 amide bonds. The highest BCUT2D eigenvalue weighted by molar-refractivity contribution is 7.92. The van der Waals surface area contributed by atoms with Gasteiger partial charge >= 0.3 is 0 Å². The summed E-state index contributed by atoms with van der Waals surface area (Å²) < 4.78 is 33.2. The first-order valence-electron chi connectivity index (χ1n) is 9.96. The van der Waals surface area contributed by atoms with E-state index in [2.05, 4.69) is 5.32 Å². The summed E-state index contributed by atoms with van der Waals surface area (Å²) in [5.41, 5.74) is 2.84. The molecule has 1 N–H and O–H groups in total. The first-order chi connectivity index (χ1) is 15.2. The Morgan fingerprint density at radius 2 is 1.72 bits per heavy atom. The van der Waals surface area contributed by atoms with E-state index in [-0.39, 0.29) is 11.4 Å². The van der Waals surface area contributed by atoms with Crippen molar-refractivity contribution in [2.75, 3.05) is 18.0 Å². The van der Waals surface area contributed by atoms with Crippen LogP contribution in [0.3, 0.4) is 0 Å². The quantitative estimate of drug-likeness (QED) is 0.524. The monoisotopic (exact) mass is 472 g/mol. The zero-order valence-electron chi connectivity index (χ0n) is 18.1. The number of carbonyl (C=O) groups excluding carboxylic acids is 1. The van der Waals surface area contributed by atoms with Gasteiger partial charge in [0.1, 0.15) is 12.3 Å². The Labute approximate surface area is 193 Å². The van der Waals surface area contributed by atoms with Crippen molar-refractivity contribution in [1.29, 1.82) is 0 Å². The van der Waals surface area contributed by atoms with Gasteiger partial charge in [0.25, 0.3) is 10.0 Å². The van der Waals surface area contributed by atoms with Crippen LogP contribution < -0.4 is 14.4 Å². The molecule has 0 spiro atoms. The minimum Gasteiger partial charge on any atom is -0.496 e. The SMILES string of the molecule is COc1ccccc1CNC(=O)CN(c1ccc(C)c(Cl)c1)S(=O)(=O)c1ccc(C)cc1. The van der Waals surface area contributed by atoms with Crippen LogP contribution in [0, 0.1) is 13.8 Å². The summed E-state index contributed by atoms with van der Waals surface area (Å²) in [4.78, 5) is 12.9. The number of anilines is 1. The van der Waals surface area contributed by atoms with Crippen molar-refractivity contribution in [3.8, 4) is 5.75 Å². The smallest absolute Gasteiger partial charge is 0.264 e. The van der Waals surface area contributed by atoms with Gasteiger partial charge in [-0.05, 0) is 49.7 Å². The van der Waals surface area contributed by atoms with Gasteiger partial charge in [-0.1, -0.05) is 53.6 Å². The maximum Gasteiger partial charge on any atom is 0.264 e. The molecule has 0 heterocycles. The van der Waals surface area contributed by atoms with Crippen molar-refractivity contribution >= 4 is 33.2 Å². The standard InChI is InChI=1S/C24H25ClN2O4S/c1-17-8-12-21(13-9-17)32(29,30)27(20-11-10-18(2)22(25)14-20)16-24(28)26-15-19-6-4-5-7-23(19)31-3/h4-14H,15-16H2,1-3H3,(H,26,28). The Bertz CT molecular complexity index is 1210. The van der Waals surface area contributed by atoms with Crippen molar-refractivity contribution < 1.29 is 17.9 Å². The van der Waals surface area contributed by atoms with Crippen molar-refractivity contribution in [2.24, 2.45) is 0 Å². The lowest BCUT2D eigenvalue weighted by molar-refractivity contribution is -0.119. The Hall–Kier alpha value is -3.03. The number of sulfonamides is 1. The molecule has 3 rings (SSSR count). The van der Waals surface area contributed by atoms with Gasteiger partial charge < -0.3 is 10.1 Å². The van der Waals surface area contributed by atoms with Crippen LogP contribution in [0.1, 0.15) is 16.7 Å². The fraction of sp³-hybridized carbons (Fsp3) is 0.208. The normalized spacial score (nSPS) is 11.1. The highest BCUT2D eigenvalue weighted by atomic mass is 35.5. The second kappa shape index (κ2) is 10.1. The van der Waals surface area contributed by atoms with Crippen molar-refractivity contribution in [1.82, 2.24) is 5.32 Å². The predicted molar refractivity (Wildman–Crippen MR) is 127 cm³/mol. The summed E-state index contributed by atoms with van der Waals surface area (Å²) in [5, 5.41) is 3.19. The molecule has 0 atom stereocenters. The average Bonchev–Trinajstić information content (AvgIpc) is 2.78. The number of nitrogens with one attached hydrogen (secondary N) is 1. The molecule has 0 aromatic heterocycles. The number of hydrogen-bond acceptors (Lipinski definition) is 4. The number of aryl methyl sites for hydroxylation is 2. The average molecular weight is 473 g/mol. The second-order valence-electron chi connectivity index (χ2n) is 7.35. The second-order valence-corrected chi connectivity index (χ2v) is 9.62. The number of carbonyl (C=O) groups is 1. The number of methoxy groups -OCH3 is 1. The molecule has 8 heteroatoms. The number of rotatable bonds is 8. The molecule has 0 saturated carbocycles. The molecule has 168 valence electrons. The van der Waals surface area contributed by atoms with E-state index in [0.717, 1.165) is 21.0 Å². The van der Waals surface area contributed by atoms with E-state index in [0.29, 0.717) is 16.5 Å². The highest BCUT2D eigenvalue weighted by Crippen LogP contribution is 2.28. The molecule has 0 unspecified atom stereocenters. The van der Waals surface area contributed by atoms with E-state index in [1.807, 2.05) is 32.0 Å². The Balaban J connectivity index is 1.89. The van der Waals surface area contributed by atoms with E-state index >= 15 is 0 Å². The van der Waals surface area contributed by atoms with Gasteiger partial charge in [0, 0.05) is 17.1 Å². The number of hydrogen-bond donors (Lipinski definition) is 1. The Kier molecular flexibility index (Phi) is 7.43. The van der Waals surface area contributed by atoms with Gasteiger partial charge in [-0.2, -0.15) is 0 Å². The van der Waals surface area contributed by atoms with E-state index < -0.39 is 22.5 Å². The lowest BCUT2D eigenvalue weighted by Gasteiger charge is -2.24. The molecule has 3 aromatic rings. The molecular formula is C24H25ClN2O4S. The van der Waals surface area contributed by atoms with Crippen LogP contribution in [0.25, 0.3) is 0 Å². The molecule has 6 nitrogen and oxygen atoms in total. The summed E-state index contributed by atoms with van der Waals surface area (Å²) in [6, 6.07) is 18.7. The molecule has 0 aliphatic heterocycles. The lowest BCUT2D eigenvalue weighted by Crippen LogP contribution is -2.40. The van der Waals surface area contributed by atoms with Crippen LogP contribution in [0.5, 0.6) is 5.75 Å². The van der Waals surface area contributed by atoms with Crippen LogP contribution in [0.15, 0.2) is 71.6 Å². The van der Waals surface area contributed by atoms with Crippen LogP contribution >= 0.6 is 11.6 Å². The summed E-state index contributed by atoms with van der Waals surface area (Å²) >= 11 is 6.25. The largest absolute Gasteiger partial charge is 0.496 e. The van der Waals surface area contributed by atoms with Gasteiger partial charge in [0.2, 0.25) is 5.91 Å². The summed E-state index contributed by atoms with van der Waals surface area (Å²) in [6.45, 7) is 3.50. The maximum atomic E-state index is 13.4. The van der Waals surface area contributed by atoms with Crippen molar-refractivity contribution in [2.45, 2.75) is 25.3 Å². The van der Waals surface area contributed by atoms with Crippen LogP contribution in [-0.4, -0.2) is 28.0 Å². The molecule has 3 aromatic carbocycles. The topological polar surface area (TPSA) is 75.7 Å². The maximum absolute atomic E-state index is 13.4. The van der Waals surface area contributed by atoms with Gasteiger partial charge in [0.05, 0.1) is 17.7 Å². The third-order valence-electron chi connectivity index (χ3n) is 5.01. The zero-order chi connectivity index (χ0) is 23.3. The molecule has 0 saturated heterocycles. The summed E-state index contributed by atoms with van der Waals surface area (Å²) in [7, 11) is -2.45. The third-order valence-corrected chi connectivity index (χ3v) is 7.20. The fourth-order valence-corrected chi connectivity index (χ4v) is 4.71. The fourth-order valence-electron chi connectivity index (χ4n) is 3.12. The number of para-hydroxylation sites is 1. The highest BCUT2D eigenvalue weighted by Gasteiger charge is 2.27. The van der Waals surface area contributed by atoms with Crippen molar-refractivity contribution in [3.05, 3.63) is 88.4 Å². The number of amides is 1. The molecule has 0 radical (unpaired) electrons. The molecule has 0 aliphatic carbocycles. The van der Waals surface area contributed by atoms with E-state index in [1.54, 1.807) is 43.5 Å². The Morgan fingerprint density at radius 1 is 1.03 bits per heavy atom. The van der Waals surface area contributed by atoms with Gasteiger partial charge in [-0.15, -0.1) is 0 Å². The molecule has 0 aliphatic rings. The summed E-state index contributed by atoms with van der Waals surface area (Å²) in [5.74, 6) is 0.186. The van der Waals surface area contributed by atoms with E-state index in [1.165, 1.54) is 12.1 Å². The lowest BCUT2D eigenvalue weighted by atomic mass is 10.2. The van der Waals surface area contributed by atoms with E-state index in [9.17, 15) is 13.2 Å². The van der Waals surface area contributed by atoms with Gasteiger partial charge in [-0.3, -0.25) is 9.10 Å². The molecule has 32 heavy (non-hydrogen) atoms. The van der Waals surface area contributed by atoms with E-state index in [4.69, 9.17) is 16.3 Å². The van der Waals surface area contributed by atoms with Crippen LogP contribution in [-0.2, 0) is 21.4 Å². The first-order valence-corrected chi connectivity index (χ1v) is 11.8. The minimum atomic E-state index is -4.00. The number of benzene rings is 3. The number of nitrogens with zero attached hydrogens (tertiary/aromatic N) is 1. The number of ether oxygens (including phenoxy) is 1. The molecule has 0 fully saturated rings. The third kappa shape index (κ3) is 5.41. The predicted octanol–water partition coefficient (Wildman–Crippen LogP) is 4.48. The van der Waals surface area contributed by atoms with Crippen LogP contribution in [0.2, 0.25) is 5.02 Å². The van der Waals surface area contributed by atoms with Crippen LogP contribution in [0.4, 0.5) is 5.69 Å². The minimum absolute atomic E-state index is 0.0947. The zero-order valence-corrected chi connectivity index (χ0v) is 19.7. The number of halogens is 1. The molecular weight excluding hydrogens is 448 g/mol. The Morgan fingerprint density at radius 3 is 2.38 bits per heavy atom. The molecule has 0 bridgehead atoms. The van der Waals surface area contributed by atoms with Crippen molar-refractivity contribution in [3.63, 3.8) is 0 Å².